The van der Waals surface area contributed by atoms with Gasteiger partial charge >= 0.3 is 0 Å². The molecule has 1 aliphatic heterocycles. The van der Waals surface area contributed by atoms with Crippen LogP contribution in [-0.2, 0) is 9.47 Å². The van der Waals surface area contributed by atoms with Gasteiger partial charge in [-0.25, -0.2) is 4.39 Å². The molecule has 1 saturated heterocycles. The van der Waals surface area contributed by atoms with Crippen molar-refractivity contribution >= 4 is 29.9 Å². The van der Waals surface area contributed by atoms with Crippen molar-refractivity contribution in [1.29, 1.82) is 0 Å². The quantitative estimate of drug-likeness (QED) is 0.239. The predicted octanol–water partition coefficient (Wildman–Crippen LogP) is 2.41. The van der Waals surface area contributed by atoms with Crippen LogP contribution in [0, 0.1) is 5.82 Å². The smallest absolute Gasteiger partial charge is 0.191 e. The number of benzene rings is 1. The van der Waals surface area contributed by atoms with Crippen LogP contribution >= 0.6 is 24.0 Å². The first-order valence-corrected chi connectivity index (χ1v) is 9.34. The molecule has 0 amide bonds. The van der Waals surface area contributed by atoms with Gasteiger partial charge in [0.2, 0.25) is 0 Å². The highest BCUT2D eigenvalue weighted by Crippen LogP contribution is 2.22. The SMILES string of the molecule is CCOCCCNC(=NC)NCC(c1cccc(F)c1)N1CCOCC1.I. The van der Waals surface area contributed by atoms with Crippen LogP contribution in [0.1, 0.15) is 24.9 Å². The lowest BCUT2D eigenvalue weighted by molar-refractivity contribution is 0.0169. The molecule has 1 unspecified atom stereocenters. The molecule has 0 radical (unpaired) electrons. The molecule has 1 heterocycles. The van der Waals surface area contributed by atoms with Gasteiger partial charge in [0.1, 0.15) is 5.82 Å². The summed E-state index contributed by atoms with van der Waals surface area (Å²) in [6, 6.07) is 6.89. The molecule has 1 fully saturated rings. The van der Waals surface area contributed by atoms with Crippen LogP contribution < -0.4 is 10.6 Å². The zero-order valence-electron chi connectivity index (χ0n) is 16.2. The number of halogens is 2. The van der Waals surface area contributed by atoms with E-state index in [1.807, 2.05) is 13.0 Å². The van der Waals surface area contributed by atoms with Crippen molar-refractivity contribution in [2.24, 2.45) is 4.99 Å². The molecule has 0 bridgehead atoms. The largest absolute Gasteiger partial charge is 0.382 e. The Kier molecular flexibility index (Phi) is 12.6. The van der Waals surface area contributed by atoms with Gasteiger partial charge in [0.25, 0.3) is 0 Å². The molecule has 0 aromatic heterocycles. The summed E-state index contributed by atoms with van der Waals surface area (Å²) in [7, 11) is 1.75. The van der Waals surface area contributed by atoms with Crippen LogP contribution in [-0.4, -0.2) is 70.5 Å². The molecule has 154 valence electrons. The number of hydrogen-bond donors (Lipinski definition) is 2. The maximum absolute atomic E-state index is 13.7. The molecule has 27 heavy (non-hydrogen) atoms. The highest BCUT2D eigenvalue weighted by Gasteiger charge is 2.23. The Balaban J connectivity index is 0.00000364. The number of hydrogen-bond acceptors (Lipinski definition) is 4. The molecule has 0 saturated carbocycles. The number of morpholine rings is 1. The average molecular weight is 494 g/mol. The molecule has 6 nitrogen and oxygen atoms in total. The number of guanidine groups is 1. The average Bonchev–Trinajstić information content (AvgIpc) is 2.67. The van der Waals surface area contributed by atoms with Gasteiger partial charge in [-0.05, 0) is 31.0 Å². The third-order valence-corrected chi connectivity index (χ3v) is 4.37. The second kappa shape index (κ2) is 14.1. The zero-order valence-corrected chi connectivity index (χ0v) is 18.6. The van der Waals surface area contributed by atoms with Crippen LogP contribution in [0.15, 0.2) is 29.3 Å². The monoisotopic (exact) mass is 494 g/mol. The van der Waals surface area contributed by atoms with Gasteiger partial charge in [-0.2, -0.15) is 0 Å². The van der Waals surface area contributed by atoms with Gasteiger partial charge in [0, 0.05) is 46.4 Å². The summed E-state index contributed by atoms with van der Waals surface area (Å²) in [5.41, 5.74) is 0.964. The Labute approximate surface area is 178 Å². The molecule has 2 rings (SSSR count). The fourth-order valence-corrected chi connectivity index (χ4v) is 3.00. The summed E-state index contributed by atoms with van der Waals surface area (Å²) in [4.78, 5) is 6.60. The topological polar surface area (TPSA) is 58.1 Å². The van der Waals surface area contributed by atoms with Crippen LogP contribution in [0.25, 0.3) is 0 Å². The maximum Gasteiger partial charge on any atom is 0.191 e. The minimum Gasteiger partial charge on any atom is -0.382 e. The van der Waals surface area contributed by atoms with Crippen molar-refractivity contribution in [2.45, 2.75) is 19.4 Å². The second-order valence-electron chi connectivity index (χ2n) is 6.15. The molecular formula is C19H32FIN4O2. The lowest BCUT2D eigenvalue weighted by Crippen LogP contribution is -2.46. The second-order valence-corrected chi connectivity index (χ2v) is 6.15. The van der Waals surface area contributed by atoms with Crippen molar-refractivity contribution in [1.82, 2.24) is 15.5 Å². The minimum absolute atomic E-state index is 0. The first kappa shape index (κ1) is 24.1. The van der Waals surface area contributed by atoms with E-state index in [2.05, 4.69) is 20.5 Å². The predicted molar refractivity (Wildman–Crippen MR) is 117 cm³/mol. The van der Waals surface area contributed by atoms with Gasteiger partial charge in [-0.1, -0.05) is 12.1 Å². The van der Waals surface area contributed by atoms with E-state index in [-0.39, 0.29) is 35.8 Å². The third-order valence-electron chi connectivity index (χ3n) is 4.37. The van der Waals surface area contributed by atoms with Gasteiger partial charge in [0.15, 0.2) is 5.96 Å². The highest BCUT2D eigenvalue weighted by atomic mass is 127. The van der Waals surface area contributed by atoms with Crippen molar-refractivity contribution in [3.63, 3.8) is 0 Å². The highest BCUT2D eigenvalue weighted by molar-refractivity contribution is 14.0. The van der Waals surface area contributed by atoms with Crippen LogP contribution in [0.2, 0.25) is 0 Å². The van der Waals surface area contributed by atoms with Crippen molar-refractivity contribution in [3.05, 3.63) is 35.6 Å². The van der Waals surface area contributed by atoms with Crippen molar-refractivity contribution < 1.29 is 13.9 Å². The molecule has 1 aliphatic rings. The van der Waals surface area contributed by atoms with Crippen LogP contribution in [0.4, 0.5) is 4.39 Å². The van der Waals surface area contributed by atoms with E-state index in [0.29, 0.717) is 19.8 Å². The summed E-state index contributed by atoms with van der Waals surface area (Å²) < 4.78 is 24.5. The first-order chi connectivity index (χ1) is 12.7. The standard InChI is InChI=1S/C19H31FN4O2.HI/c1-3-25-11-5-8-22-19(21-2)23-15-18(24-9-12-26-13-10-24)16-6-4-7-17(20)14-16;/h4,6-7,14,18H,3,5,8-13,15H2,1-2H3,(H2,21,22,23);1H. The van der Waals surface area contributed by atoms with Crippen molar-refractivity contribution in [3.8, 4) is 0 Å². The third kappa shape index (κ3) is 8.71. The van der Waals surface area contributed by atoms with E-state index >= 15 is 0 Å². The Morgan fingerprint density at radius 3 is 2.78 bits per heavy atom. The normalized spacial score (nSPS) is 16.5. The Bertz CT molecular complexity index is 556. The van der Waals surface area contributed by atoms with E-state index in [0.717, 1.165) is 50.8 Å². The number of ether oxygens (including phenoxy) is 2. The van der Waals surface area contributed by atoms with E-state index in [1.54, 1.807) is 19.2 Å². The lowest BCUT2D eigenvalue weighted by Gasteiger charge is -2.35. The fourth-order valence-electron chi connectivity index (χ4n) is 3.00. The summed E-state index contributed by atoms with van der Waals surface area (Å²) in [5, 5.41) is 6.66. The van der Waals surface area contributed by atoms with Crippen LogP contribution in [0.5, 0.6) is 0 Å². The Morgan fingerprint density at radius 1 is 1.33 bits per heavy atom. The van der Waals surface area contributed by atoms with Crippen molar-refractivity contribution in [2.75, 3.05) is 59.7 Å². The number of nitrogens with zero attached hydrogens (tertiary/aromatic N) is 2. The van der Waals surface area contributed by atoms with E-state index in [4.69, 9.17) is 9.47 Å². The van der Waals surface area contributed by atoms with Gasteiger partial charge in [0.05, 0.1) is 19.3 Å². The molecule has 2 N–H and O–H groups in total. The molecular weight excluding hydrogens is 462 g/mol. The molecule has 1 aromatic carbocycles. The van der Waals surface area contributed by atoms with E-state index < -0.39 is 0 Å². The summed E-state index contributed by atoms with van der Waals surface area (Å²) in [6.07, 6.45) is 0.922. The summed E-state index contributed by atoms with van der Waals surface area (Å²) in [5.74, 6) is 0.537. The van der Waals surface area contributed by atoms with Gasteiger partial charge < -0.3 is 20.1 Å². The van der Waals surface area contributed by atoms with Gasteiger partial charge in [-0.3, -0.25) is 9.89 Å². The summed E-state index contributed by atoms with van der Waals surface area (Å²) in [6.45, 7) is 7.99. The summed E-state index contributed by atoms with van der Waals surface area (Å²) >= 11 is 0. The zero-order chi connectivity index (χ0) is 18.6. The number of rotatable bonds is 9. The van der Waals surface area contributed by atoms with E-state index in [9.17, 15) is 4.39 Å². The van der Waals surface area contributed by atoms with Gasteiger partial charge in [-0.15, -0.1) is 24.0 Å². The molecule has 1 atom stereocenters. The fraction of sp³-hybridized carbons (Fsp3) is 0.632. The molecule has 0 aliphatic carbocycles. The number of aliphatic imine (C=N–C) groups is 1. The first-order valence-electron chi connectivity index (χ1n) is 9.34. The molecule has 1 aromatic rings. The van der Waals surface area contributed by atoms with E-state index in [1.165, 1.54) is 6.07 Å². The Morgan fingerprint density at radius 2 is 2.11 bits per heavy atom. The van der Waals surface area contributed by atoms with Crippen LogP contribution in [0.3, 0.4) is 0 Å². The molecule has 0 spiro atoms. The minimum atomic E-state index is -0.209. The lowest BCUT2D eigenvalue weighted by atomic mass is 10.0. The maximum atomic E-state index is 13.7. The molecule has 8 heteroatoms. The Hall–Kier alpha value is -0.970. The number of nitrogens with one attached hydrogen (secondary N) is 2.